The Morgan fingerprint density at radius 2 is 1.88 bits per heavy atom. The molecule has 0 fully saturated rings. The molecular formula is C20H19N3O. The van der Waals surface area contributed by atoms with Crippen molar-refractivity contribution >= 4 is 28.3 Å². The van der Waals surface area contributed by atoms with Gasteiger partial charge in [0.25, 0.3) is 0 Å². The van der Waals surface area contributed by atoms with Crippen molar-refractivity contribution in [3.05, 3.63) is 65.7 Å². The van der Waals surface area contributed by atoms with E-state index < -0.39 is 0 Å². The molecule has 3 aromatic rings. The smallest absolute Gasteiger partial charge is 0.228 e. The molecule has 1 aliphatic heterocycles. The van der Waals surface area contributed by atoms with E-state index in [-0.39, 0.29) is 5.91 Å². The molecule has 0 spiro atoms. The average Bonchev–Trinajstić information content (AvgIpc) is 2.97. The van der Waals surface area contributed by atoms with Gasteiger partial charge in [-0.3, -0.25) is 4.79 Å². The van der Waals surface area contributed by atoms with Crippen molar-refractivity contribution in [2.75, 3.05) is 23.8 Å². The molecule has 24 heavy (non-hydrogen) atoms. The minimum Gasteiger partial charge on any atom is -0.359 e. The Morgan fingerprint density at radius 1 is 1.12 bits per heavy atom. The van der Waals surface area contributed by atoms with Gasteiger partial charge in [-0.2, -0.15) is 0 Å². The first-order valence-corrected chi connectivity index (χ1v) is 8.19. The largest absolute Gasteiger partial charge is 0.359 e. The molecule has 0 saturated heterocycles. The maximum atomic E-state index is 12.6. The van der Waals surface area contributed by atoms with Gasteiger partial charge < -0.3 is 10.2 Å². The Hall–Kier alpha value is -2.88. The van der Waals surface area contributed by atoms with E-state index in [0.717, 1.165) is 46.5 Å². The molecule has 120 valence electrons. The lowest BCUT2D eigenvalue weighted by molar-refractivity contribution is -0.115. The van der Waals surface area contributed by atoms with Gasteiger partial charge in [0.05, 0.1) is 17.6 Å². The number of benzene rings is 2. The highest BCUT2D eigenvalue weighted by atomic mass is 16.1. The summed E-state index contributed by atoms with van der Waals surface area (Å²) in [4.78, 5) is 19.5. The number of carbonyl (C=O) groups excluding carboxylic acids is 1. The summed E-state index contributed by atoms with van der Waals surface area (Å²) in [5.74, 6) is 0.984. The van der Waals surface area contributed by atoms with Crippen LogP contribution < -0.4 is 10.2 Å². The Morgan fingerprint density at radius 3 is 2.71 bits per heavy atom. The number of anilines is 2. The molecule has 0 bridgehead atoms. The molecule has 0 saturated carbocycles. The van der Waals surface area contributed by atoms with Crippen LogP contribution in [-0.2, 0) is 17.6 Å². The van der Waals surface area contributed by atoms with Gasteiger partial charge in [0.2, 0.25) is 5.91 Å². The van der Waals surface area contributed by atoms with Crippen LogP contribution >= 0.6 is 0 Å². The fourth-order valence-electron chi connectivity index (χ4n) is 3.28. The summed E-state index contributed by atoms with van der Waals surface area (Å²) in [6.45, 7) is 0.931. The summed E-state index contributed by atoms with van der Waals surface area (Å²) >= 11 is 0. The van der Waals surface area contributed by atoms with E-state index in [9.17, 15) is 4.79 Å². The van der Waals surface area contributed by atoms with Gasteiger partial charge in [-0.25, -0.2) is 4.98 Å². The van der Waals surface area contributed by atoms with Crippen molar-refractivity contribution in [2.45, 2.75) is 12.8 Å². The maximum absolute atomic E-state index is 12.6. The number of fused-ring (bicyclic) bond motifs is 2. The number of likely N-dealkylation sites (N-methyl/N-ethyl adjacent to an activating group) is 1. The van der Waals surface area contributed by atoms with Crippen LogP contribution in [0, 0.1) is 0 Å². The second-order valence-corrected chi connectivity index (χ2v) is 6.19. The molecular weight excluding hydrogens is 298 g/mol. The van der Waals surface area contributed by atoms with Crippen LogP contribution in [0.1, 0.15) is 11.1 Å². The molecule has 2 aromatic carbocycles. The van der Waals surface area contributed by atoms with Crippen LogP contribution in [0.15, 0.2) is 54.6 Å². The van der Waals surface area contributed by atoms with E-state index in [1.807, 2.05) is 61.6 Å². The van der Waals surface area contributed by atoms with Gasteiger partial charge in [-0.1, -0.05) is 48.5 Å². The number of carbonyl (C=O) groups is 1. The Kier molecular flexibility index (Phi) is 3.65. The summed E-state index contributed by atoms with van der Waals surface area (Å²) in [6.07, 6.45) is 1.28. The highest BCUT2D eigenvalue weighted by molar-refractivity contribution is 6.04. The minimum absolute atomic E-state index is 0.00862. The first-order valence-electron chi connectivity index (χ1n) is 8.19. The third kappa shape index (κ3) is 2.60. The lowest BCUT2D eigenvalue weighted by atomic mass is 10.1. The number of para-hydroxylation sites is 1. The standard InChI is InChI=1S/C20H19N3O/c1-23-12-11-16-19(15-9-5-6-10-17(15)21-20(16)23)22-18(24)13-14-7-3-2-4-8-14/h2-10H,11-13H2,1H3,(H,21,22,24). The highest BCUT2D eigenvalue weighted by Crippen LogP contribution is 2.36. The molecule has 1 aromatic heterocycles. The predicted molar refractivity (Wildman–Crippen MR) is 97.5 cm³/mol. The summed E-state index contributed by atoms with van der Waals surface area (Å²) in [6, 6.07) is 17.8. The van der Waals surface area contributed by atoms with Gasteiger partial charge in [0, 0.05) is 24.5 Å². The van der Waals surface area contributed by atoms with Crippen LogP contribution in [0.5, 0.6) is 0 Å². The highest BCUT2D eigenvalue weighted by Gasteiger charge is 2.24. The normalized spacial score (nSPS) is 13.1. The first-order chi connectivity index (χ1) is 11.7. The predicted octanol–water partition coefficient (Wildman–Crippen LogP) is 3.41. The molecule has 0 atom stereocenters. The number of hydrogen-bond donors (Lipinski definition) is 1. The maximum Gasteiger partial charge on any atom is 0.228 e. The topological polar surface area (TPSA) is 45.2 Å². The van der Waals surface area contributed by atoms with Gasteiger partial charge in [-0.05, 0) is 18.1 Å². The summed E-state index contributed by atoms with van der Waals surface area (Å²) in [5.41, 5.74) is 3.99. The molecule has 4 rings (SSSR count). The van der Waals surface area contributed by atoms with E-state index in [1.165, 1.54) is 0 Å². The number of pyridine rings is 1. The zero-order valence-electron chi connectivity index (χ0n) is 13.6. The van der Waals surface area contributed by atoms with E-state index in [4.69, 9.17) is 4.98 Å². The molecule has 0 radical (unpaired) electrons. The second kappa shape index (κ2) is 5.96. The SMILES string of the molecule is CN1CCc2c1nc1ccccc1c2NC(=O)Cc1ccccc1. The zero-order valence-corrected chi connectivity index (χ0v) is 13.6. The number of nitrogens with zero attached hydrogens (tertiary/aromatic N) is 2. The van der Waals surface area contributed by atoms with Crippen molar-refractivity contribution in [3.8, 4) is 0 Å². The average molecular weight is 317 g/mol. The fraction of sp³-hybridized carbons (Fsp3) is 0.200. The lowest BCUT2D eigenvalue weighted by Crippen LogP contribution is -2.16. The monoisotopic (exact) mass is 317 g/mol. The summed E-state index contributed by atoms with van der Waals surface area (Å²) in [7, 11) is 2.04. The fourth-order valence-corrected chi connectivity index (χ4v) is 3.28. The summed E-state index contributed by atoms with van der Waals surface area (Å²) in [5, 5.41) is 4.16. The van der Waals surface area contributed by atoms with E-state index in [1.54, 1.807) is 0 Å². The molecule has 4 nitrogen and oxygen atoms in total. The van der Waals surface area contributed by atoms with Gasteiger partial charge in [0.1, 0.15) is 5.82 Å². The van der Waals surface area contributed by atoms with Gasteiger partial charge in [0.15, 0.2) is 0 Å². The molecule has 1 N–H and O–H groups in total. The second-order valence-electron chi connectivity index (χ2n) is 6.19. The molecule has 1 aliphatic rings. The number of amides is 1. The summed E-state index contributed by atoms with van der Waals surface area (Å²) < 4.78 is 0. The first kappa shape index (κ1) is 14.7. The Balaban J connectivity index is 1.72. The molecule has 1 amide bonds. The van der Waals surface area contributed by atoms with Crippen LogP contribution in [0.25, 0.3) is 10.9 Å². The molecule has 0 aliphatic carbocycles. The molecule has 0 unspecified atom stereocenters. The number of nitrogens with one attached hydrogen (secondary N) is 1. The van der Waals surface area contributed by atoms with Crippen LogP contribution in [0.4, 0.5) is 11.5 Å². The quantitative estimate of drug-likeness (QED) is 0.805. The van der Waals surface area contributed by atoms with E-state index in [2.05, 4.69) is 10.2 Å². The van der Waals surface area contributed by atoms with Crippen molar-refractivity contribution in [1.82, 2.24) is 4.98 Å². The van der Waals surface area contributed by atoms with E-state index >= 15 is 0 Å². The van der Waals surface area contributed by atoms with Gasteiger partial charge in [-0.15, -0.1) is 0 Å². The number of aromatic nitrogens is 1. The Bertz CT molecular complexity index is 905. The van der Waals surface area contributed by atoms with Crippen molar-refractivity contribution in [2.24, 2.45) is 0 Å². The minimum atomic E-state index is 0.00862. The zero-order chi connectivity index (χ0) is 16.5. The molecule has 2 heterocycles. The van der Waals surface area contributed by atoms with Crippen molar-refractivity contribution in [3.63, 3.8) is 0 Å². The third-order valence-electron chi connectivity index (χ3n) is 4.50. The number of rotatable bonds is 3. The lowest BCUT2D eigenvalue weighted by Gasteiger charge is -2.16. The van der Waals surface area contributed by atoms with E-state index in [0.29, 0.717) is 6.42 Å². The van der Waals surface area contributed by atoms with Crippen LogP contribution in [0.2, 0.25) is 0 Å². The van der Waals surface area contributed by atoms with Crippen LogP contribution in [-0.4, -0.2) is 24.5 Å². The van der Waals surface area contributed by atoms with Crippen LogP contribution in [0.3, 0.4) is 0 Å². The number of hydrogen-bond acceptors (Lipinski definition) is 3. The molecule has 4 heteroatoms. The van der Waals surface area contributed by atoms with Gasteiger partial charge >= 0.3 is 0 Å². The van der Waals surface area contributed by atoms with Crippen molar-refractivity contribution in [1.29, 1.82) is 0 Å². The Labute approximate surface area is 141 Å². The third-order valence-corrected chi connectivity index (χ3v) is 4.50. The van der Waals surface area contributed by atoms with Crippen molar-refractivity contribution < 1.29 is 4.79 Å².